The Kier molecular flexibility index (Phi) is 6.56. The number of benzene rings is 2. The van der Waals surface area contributed by atoms with Gasteiger partial charge in [-0.05, 0) is 61.4 Å². The standard InChI is InChI=1S/C28H30N4O3/c1-18-10-13-25(27(33)31-18)32-17-20-15-22(11-12-23(20)28(32)34)35-26-9-4-3-8-24(26)30-16-19-6-5-7-21(14-19)29-2/h5-7,11-12,14-15,24-26,30H,1,3-4,8-10,13,16-17H2,(H,31,33)/t24-,25?,26-/m0/s1. The van der Waals surface area contributed by atoms with Gasteiger partial charge in [-0.1, -0.05) is 37.3 Å². The third-order valence-corrected chi connectivity index (χ3v) is 7.21. The van der Waals surface area contributed by atoms with Crippen molar-refractivity contribution in [2.75, 3.05) is 0 Å². The van der Waals surface area contributed by atoms with Crippen LogP contribution in [-0.2, 0) is 17.9 Å². The van der Waals surface area contributed by atoms with Gasteiger partial charge in [0.05, 0.1) is 6.57 Å². The second kappa shape index (κ2) is 9.93. The molecule has 1 unspecified atom stereocenters. The Morgan fingerprint density at radius 3 is 2.83 bits per heavy atom. The Bertz CT molecular complexity index is 1200. The van der Waals surface area contributed by atoms with Gasteiger partial charge in [-0.25, -0.2) is 4.85 Å². The molecule has 0 radical (unpaired) electrons. The van der Waals surface area contributed by atoms with Crippen LogP contribution in [0, 0.1) is 6.57 Å². The Balaban J connectivity index is 1.25. The highest BCUT2D eigenvalue weighted by atomic mass is 16.5. The van der Waals surface area contributed by atoms with Gasteiger partial charge < -0.3 is 20.3 Å². The highest BCUT2D eigenvalue weighted by Crippen LogP contribution is 2.32. The fourth-order valence-corrected chi connectivity index (χ4v) is 5.34. The van der Waals surface area contributed by atoms with Crippen molar-refractivity contribution in [3.8, 4) is 5.75 Å². The zero-order valence-electron chi connectivity index (χ0n) is 19.8. The average molecular weight is 471 g/mol. The summed E-state index contributed by atoms with van der Waals surface area (Å²) in [6.07, 6.45) is 5.60. The maximum atomic E-state index is 13.0. The summed E-state index contributed by atoms with van der Waals surface area (Å²) in [6.45, 7) is 12.2. The zero-order valence-corrected chi connectivity index (χ0v) is 19.8. The predicted octanol–water partition coefficient (Wildman–Crippen LogP) is 4.47. The fourth-order valence-electron chi connectivity index (χ4n) is 5.34. The van der Waals surface area contributed by atoms with Crippen molar-refractivity contribution in [2.24, 2.45) is 0 Å². The molecule has 0 spiro atoms. The van der Waals surface area contributed by atoms with Gasteiger partial charge in [0.15, 0.2) is 5.69 Å². The fraction of sp³-hybridized carbons (Fsp3) is 0.393. The molecule has 3 aliphatic rings. The topological polar surface area (TPSA) is 75.0 Å². The molecule has 2 amide bonds. The van der Waals surface area contributed by atoms with Crippen molar-refractivity contribution in [2.45, 2.75) is 69.8 Å². The first-order chi connectivity index (χ1) is 17.0. The number of carbonyl (C=O) groups is 2. The normalized spacial score (nSPS) is 24.0. The summed E-state index contributed by atoms with van der Waals surface area (Å²) in [4.78, 5) is 30.6. The number of fused-ring (bicyclic) bond motifs is 1. The van der Waals surface area contributed by atoms with Gasteiger partial charge >= 0.3 is 0 Å². The molecule has 2 fully saturated rings. The summed E-state index contributed by atoms with van der Waals surface area (Å²) < 4.78 is 6.45. The number of amides is 2. The van der Waals surface area contributed by atoms with Crippen LogP contribution in [0.25, 0.3) is 4.85 Å². The van der Waals surface area contributed by atoms with Crippen molar-refractivity contribution in [1.82, 2.24) is 15.5 Å². The molecule has 1 aliphatic carbocycles. The van der Waals surface area contributed by atoms with Crippen LogP contribution in [0.15, 0.2) is 54.7 Å². The number of allylic oxidation sites excluding steroid dienone is 1. The highest BCUT2D eigenvalue weighted by molar-refractivity contribution is 6.01. The Labute approximate surface area is 206 Å². The summed E-state index contributed by atoms with van der Waals surface area (Å²) in [5, 5.41) is 6.42. The van der Waals surface area contributed by atoms with E-state index in [4.69, 9.17) is 11.3 Å². The van der Waals surface area contributed by atoms with E-state index >= 15 is 0 Å². The number of hydrogen-bond donors (Lipinski definition) is 2. The minimum Gasteiger partial charge on any atom is -0.489 e. The lowest BCUT2D eigenvalue weighted by molar-refractivity contribution is -0.126. The van der Waals surface area contributed by atoms with Crippen molar-refractivity contribution >= 4 is 17.5 Å². The largest absolute Gasteiger partial charge is 0.489 e. The maximum Gasteiger partial charge on any atom is 0.255 e. The number of ether oxygens (including phenoxy) is 1. The lowest BCUT2D eigenvalue weighted by Gasteiger charge is -2.33. The molecule has 2 aliphatic heterocycles. The van der Waals surface area contributed by atoms with Crippen molar-refractivity contribution in [3.05, 3.63) is 82.8 Å². The molecule has 35 heavy (non-hydrogen) atoms. The van der Waals surface area contributed by atoms with Crippen LogP contribution in [0.5, 0.6) is 5.75 Å². The number of carbonyl (C=O) groups excluding carboxylic acids is 2. The van der Waals surface area contributed by atoms with Crippen LogP contribution >= 0.6 is 0 Å². The van der Waals surface area contributed by atoms with Gasteiger partial charge in [0.1, 0.15) is 17.9 Å². The van der Waals surface area contributed by atoms with E-state index in [2.05, 4.69) is 22.1 Å². The van der Waals surface area contributed by atoms with E-state index in [1.807, 2.05) is 42.5 Å². The first-order valence-corrected chi connectivity index (χ1v) is 12.3. The molecule has 2 aromatic rings. The molecule has 2 aromatic carbocycles. The van der Waals surface area contributed by atoms with Gasteiger partial charge in [-0.3, -0.25) is 9.59 Å². The summed E-state index contributed by atoms with van der Waals surface area (Å²) in [7, 11) is 0. The smallest absolute Gasteiger partial charge is 0.255 e. The number of rotatable bonds is 6. The molecule has 1 saturated heterocycles. The Morgan fingerprint density at radius 1 is 1.14 bits per heavy atom. The van der Waals surface area contributed by atoms with Gasteiger partial charge in [-0.2, -0.15) is 0 Å². The Morgan fingerprint density at radius 2 is 2.00 bits per heavy atom. The van der Waals surface area contributed by atoms with Crippen molar-refractivity contribution in [3.63, 3.8) is 0 Å². The van der Waals surface area contributed by atoms with Gasteiger partial charge in [0.2, 0.25) is 5.91 Å². The molecular formula is C28H30N4O3. The molecule has 0 aromatic heterocycles. The van der Waals surface area contributed by atoms with Crippen molar-refractivity contribution in [1.29, 1.82) is 0 Å². The third kappa shape index (κ3) is 4.94. The van der Waals surface area contributed by atoms with Crippen molar-refractivity contribution < 1.29 is 14.3 Å². The molecule has 7 nitrogen and oxygen atoms in total. The molecule has 0 bridgehead atoms. The van der Waals surface area contributed by atoms with E-state index in [0.717, 1.165) is 42.6 Å². The average Bonchev–Trinajstić information content (AvgIpc) is 3.19. The first-order valence-electron chi connectivity index (χ1n) is 12.3. The SMILES string of the molecule is [C-]#[N+]c1cccc(CN[C@H]2CCCC[C@@H]2Oc2ccc3c(c2)CN(C2CCC(=C)NC2=O)C3=O)c1. The minimum absolute atomic E-state index is 0.0363. The molecular weight excluding hydrogens is 440 g/mol. The number of hydrogen-bond acceptors (Lipinski definition) is 4. The van der Waals surface area contributed by atoms with E-state index in [1.165, 1.54) is 0 Å². The highest BCUT2D eigenvalue weighted by Gasteiger charge is 2.38. The zero-order chi connectivity index (χ0) is 24.4. The van der Waals surface area contributed by atoms with Crippen LogP contribution < -0.4 is 15.4 Å². The van der Waals surface area contributed by atoms with E-state index in [1.54, 1.807) is 4.90 Å². The number of nitrogens with zero attached hydrogens (tertiary/aromatic N) is 2. The molecule has 2 N–H and O–H groups in total. The first kappa shape index (κ1) is 23.1. The number of nitrogens with one attached hydrogen (secondary N) is 2. The van der Waals surface area contributed by atoms with E-state index < -0.39 is 6.04 Å². The third-order valence-electron chi connectivity index (χ3n) is 7.21. The van der Waals surface area contributed by atoms with E-state index in [0.29, 0.717) is 42.9 Å². The second-order valence-electron chi connectivity index (χ2n) is 9.61. The summed E-state index contributed by atoms with van der Waals surface area (Å²) in [6, 6.07) is 13.1. The van der Waals surface area contributed by atoms with Crippen LogP contribution in [0.4, 0.5) is 5.69 Å². The lowest BCUT2D eigenvalue weighted by Crippen LogP contribution is -2.49. The van der Waals surface area contributed by atoms with Crippen LogP contribution in [0.2, 0.25) is 0 Å². The maximum absolute atomic E-state index is 13.0. The molecule has 3 atom stereocenters. The molecule has 1 saturated carbocycles. The van der Waals surface area contributed by atoms with Crippen LogP contribution in [0.3, 0.4) is 0 Å². The quantitative estimate of drug-likeness (QED) is 0.611. The molecule has 5 rings (SSSR count). The van der Waals surface area contributed by atoms with Gasteiger partial charge in [0.25, 0.3) is 5.91 Å². The second-order valence-corrected chi connectivity index (χ2v) is 9.61. The summed E-state index contributed by atoms with van der Waals surface area (Å²) >= 11 is 0. The van der Waals surface area contributed by atoms with Crippen LogP contribution in [-0.4, -0.2) is 34.9 Å². The van der Waals surface area contributed by atoms with E-state index in [-0.39, 0.29) is 24.0 Å². The molecule has 2 heterocycles. The minimum atomic E-state index is -0.460. The predicted molar refractivity (Wildman–Crippen MR) is 133 cm³/mol. The monoisotopic (exact) mass is 470 g/mol. The Hall–Kier alpha value is -3.63. The lowest BCUT2D eigenvalue weighted by atomic mass is 9.92. The van der Waals surface area contributed by atoms with E-state index in [9.17, 15) is 9.59 Å². The summed E-state index contributed by atoms with van der Waals surface area (Å²) in [5.74, 6) is 0.503. The van der Waals surface area contributed by atoms with Gasteiger partial charge in [0, 0.05) is 30.4 Å². The molecule has 7 heteroatoms. The molecule has 180 valence electrons. The summed E-state index contributed by atoms with van der Waals surface area (Å²) in [5.41, 5.74) is 4.00. The van der Waals surface area contributed by atoms with Crippen LogP contribution in [0.1, 0.15) is 60.0 Å². The van der Waals surface area contributed by atoms with Gasteiger partial charge in [-0.15, -0.1) is 0 Å². The number of piperidine rings is 1.